The molecule has 2 heterocycles. The lowest BCUT2D eigenvalue weighted by molar-refractivity contribution is -0.150. The molecule has 37 heavy (non-hydrogen) atoms. The molecule has 2 aromatic carbocycles. The van der Waals surface area contributed by atoms with Crippen molar-refractivity contribution >= 4 is 23.3 Å². The number of methoxy groups -OCH3 is 4. The quantitative estimate of drug-likeness (QED) is 0.448. The van der Waals surface area contributed by atoms with E-state index in [9.17, 15) is 9.59 Å². The van der Waals surface area contributed by atoms with E-state index < -0.39 is 29.3 Å². The Bertz CT molecular complexity index is 1340. The van der Waals surface area contributed by atoms with Crippen molar-refractivity contribution in [3.63, 3.8) is 0 Å². The van der Waals surface area contributed by atoms with Gasteiger partial charge in [-0.2, -0.15) is 0 Å². The molecule has 0 saturated heterocycles. The van der Waals surface area contributed by atoms with E-state index in [1.165, 1.54) is 25.6 Å². The number of esters is 2. The highest BCUT2D eigenvalue weighted by Gasteiger charge is 2.54. The van der Waals surface area contributed by atoms with Crippen LogP contribution in [0.2, 0.25) is 0 Å². The largest absolute Gasteiger partial charge is 0.497 e. The van der Waals surface area contributed by atoms with E-state index in [1.807, 2.05) is 67.8 Å². The summed E-state index contributed by atoms with van der Waals surface area (Å²) >= 11 is 1.41. The fraction of sp³-hybridized carbons (Fsp3) is 0.321. The van der Waals surface area contributed by atoms with Crippen molar-refractivity contribution in [1.82, 2.24) is 10.3 Å². The van der Waals surface area contributed by atoms with Gasteiger partial charge in [0.1, 0.15) is 22.0 Å². The first-order chi connectivity index (χ1) is 17.8. The number of hydrogen-bond donors (Lipinski definition) is 1. The molecule has 0 fully saturated rings. The Morgan fingerprint density at radius 1 is 1.00 bits per heavy atom. The second-order valence-corrected chi connectivity index (χ2v) is 9.71. The zero-order chi connectivity index (χ0) is 26.7. The Hall–Kier alpha value is -3.85. The normalized spacial score (nSPS) is 21.1. The van der Waals surface area contributed by atoms with Crippen molar-refractivity contribution in [3.8, 4) is 22.8 Å². The Morgan fingerprint density at radius 3 is 2.35 bits per heavy atom. The average molecular weight is 523 g/mol. The van der Waals surface area contributed by atoms with Gasteiger partial charge in [0.25, 0.3) is 0 Å². The molecular weight excluding hydrogens is 492 g/mol. The van der Waals surface area contributed by atoms with Gasteiger partial charge in [-0.1, -0.05) is 30.3 Å². The Balaban J connectivity index is 1.91. The molecule has 1 aromatic heterocycles. The van der Waals surface area contributed by atoms with Crippen molar-refractivity contribution in [2.75, 3.05) is 28.4 Å². The van der Waals surface area contributed by atoms with Crippen molar-refractivity contribution in [2.45, 2.75) is 25.3 Å². The Labute approximate surface area is 220 Å². The van der Waals surface area contributed by atoms with E-state index in [0.29, 0.717) is 33.5 Å². The summed E-state index contributed by atoms with van der Waals surface area (Å²) in [6.45, 7) is 3.72. The molecule has 0 spiro atoms. The summed E-state index contributed by atoms with van der Waals surface area (Å²) in [5, 5.41) is 6.00. The van der Waals surface area contributed by atoms with Gasteiger partial charge in [-0.25, -0.2) is 9.78 Å². The van der Waals surface area contributed by atoms with E-state index in [-0.39, 0.29) is 0 Å². The molecule has 3 atom stereocenters. The first-order valence-corrected chi connectivity index (χ1v) is 12.5. The summed E-state index contributed by atoms with van der Waals surface area (Å²) in [6, 6.07) is 15.0. The van der Waals surface area contributed by atoms with Crippen LogP contribution in [0.3, 0.4) is 0 Å². The van der Waals surface area contributed by atoms with Gasteiger partial charge in [-0.15, -0.1) is 11.3 Å². The summed E-state index contributed by atoms with van der Waals surface area (Å²) in [7, 11) is 5.88. The molecule has 0 aliphatic carbocycles. The molecule has 3 aromatic rings. The third-order valence-electron chi connectivity index (χ3n) is 6.77. The van der Waals surface area contributed by atoms with Gasteiger partial charge in [0.2, 0.25) is 0 Å². The standard InChI is InChI=1S/C28H30N2O6S/c1-16-22(25(31)35-5)23(17-10-8-7-9-11-17)24(26(32)36-6)28(2,30-16)27-29-20(15-37-27)19-14-18(33-3)12-13-21(19)34-4/h7-15,23-24,30H,1-6H3. The lowest BCUT2D eigenvalue weighted by atomic mass is 9.67. The van der Waals surface area contributed by atoms with Crippen LogP contribution in [-0.2, 0) is 24.6 Å². The molecule has 0 amide bonds. The monoisotopic (exact) mass is 522 g/mol. The van der Waals surface area contributed by atoms with Crippen LogP contribution in [-0.4, -0.2) is 45.4 Å². The molecule has 194 valence electrons. The Kier molecular flexibility index (Phi) is 7.54. The van der Waals surface area contributed by atoms with E-state index in [1.54, 1.807) is 14.2 Å². The molecule has 8 nitrogen and oxygen atoms in total. The number of allylic oxidation sites excluding steroid dienone is 1. The first kappa shape index (κ1) is 26.2. The molecule has 1 N–H and O–H groups in total. The third kappa shape index (κ3) is 4.67. The second-order valence-electron chi connectivity index (χ2n) is 8.85. The van der Waals surface area contributed by atoms with Crippen LogP contribution in [0, 0.1) is 5.92 Å². The number of nitrogens with zero attached hydrogens (tertiary/aromatic N) is 1. The number of benzene rings is 2. The predicted molar refractivity (Wildman–Crippen MR) is 141 cm³/mol. The van der Waals surface area contributed by atoms with Gasteiger partial charge in [0, 0.05) is 22.6 Å². The number of ether oxygens (including phenoxy) is 4. The van der Waals surface area contributed by atoms with Gasteiger partial charge in [-0.3, -0.25) is 4.79 Å². The molecule has 1 aliphatic heterocycles. The highest BCUT2D eigenvalue weighted by atomic mass is 32.1. The molecule has 0 radical (unpaired) electrons. The lowest BCUT2D eigenvalue weighted by Crippen LogP contribution is -2.55. The maximum Gasteiger partial charge on any atom is 0.336 e. The lowest BCUT2D eigenvalue weighted by Gasteiger charge is -2.45. The number of aromatic nitrogens is 1. The van der Waals surface area contributed by atoms with Gasteiger partial charge >= 0.3 is 11.9 Å². The van der Waals surface area contributed by atoms with E-state index in [4.69, 9.17) is 23.9 Å². The number of nitrogens with one attached hydrogen (secondary N) is 1. The summed E-state index contributed by atoms with van der Waals surface area (Å²) in [6.07, 6.45) is 0. The molecular formula is C28H30N2O6S. The summed E-state index contributed by atoms with van der Waals surface area (Å²) in [5.74, 6) is -1.08. The van der Waals surface area contributed by atoms with Crippen molar-refractivity contribution in [1.29, 1.82) is 0 Å². The first-order valence-electron chi connectivity index (χ1n) is 11.7. The molecule has 3 unspecified atom stereocenters. The topological polar surface area (TPSA) is 96.0 Å². The van der Waals surface area contributed by atoms with Crippen LogP contribution in [0.1, 0.15) is 30.3 Å². The van der Waals surface area contributed by atoms with Crippen molar-refractivity contribution in [2.24, 2.45) is 5.92 Å². The summed E-state index contributed by atoms with van der Waals surface area (Å²) < 4.78 is 21.4. The minimum Gasteiger partial charge on any atom is -0.497 e. The smallest absolute Gasteiger partial charge is 0.336 e. The van der Waals surface area contributed by atoms with E-state index in [0.717, 1.165) is 11.1 Å². The molecule has 1 aliphatic rings. The van der Waals surface area contributed by atoms with Crippen LogP contribution >= 0.6 is 11.3 Å². The number of carbonyl (C=O) groups excluding carboxylic acids is 2. The third-order valence-corrected chi connectivity index (χ3v) is 7.85. The van der Waals surface area contributed by atoms with Crippen molar-refractivity contribution in [3.05, 3.63) is 75.8 Å². The number of hydrogen-bond acceptors (Lipinski definition) is 9. The van der Waals surface area contributed by atoms with Crippen LogP contribution in [0.25, 0.3) is 11.3 Å². The fourth-order valence-electron chi connectivity index (χ4n) is 5.01. The average Bonchev–Trinajstić information content (AvgIpc) is 3.43. The Morgan fingerprint density at radius 2 is 1.73 bits per heavy atom. The zero-order valence-corrected chi connectivity index (χ0v) is 22.5. The minimum atomic E-state index is -0.996. The van der Waals surface area contributed by atoms with Crippen LogP contribution in [0.15, 0.2) is 65.2 Å². The van der Waals surface area contributed by atoms with Crippen LogP contribution in [0.5, 0.6) is 11.5 Å². The summed E-state index contributed by atoms with van der Waals surface area (Å²) in [4.78, 5) is 31.4. The van der Waals surface area contributed by atoms with E-state index in [2.05, 4.69) is 5.32 Å². The zero-order valence-electron chi connectivity index (χ0n) is 21.7. The van der Waals surface area contributed by atoms with Crippen LogP contribution < -0.4 is 14.8 Å². The van der Waals surface area contributed by atoms with Gasteiger partial charge in [0.05, 0.1) is 45.6 Å². The van der Waals surface area contributed by atoms with Crippen molar-refractivity contribution < 1.29 is 28.5 Å². The van der Waals surface area contributed by atoms with Crippen LogP contribution in [0.4, 0.5) is 0 Å². The van der Waals surface area contributed by atoms with E-state index >= 15 is 0 Å². The number of thiazole rings is 1. The molecule has 9 heteroatoms. The molecule has 4 rings (SSSR count). The predicted octanol–water partition coefficient (Wildman–Crippen LogP) is 4.67. The number of carbonyl (C=O) groups is 2. The number of rotatable bonds is 7. The highest BCUT2D eigenvalue weighted by Crippen LogP contribution is 2.49. The maximum absolute atomic E-state index is 13.5. The fourth-order valence-corrected chi connectivity index (χ4v) is 5.99. The maximum atomic E-state index is 13.5. The molecule has 0 bridgehead atoms. The minimum absolute atomic E-state index is 0.382. The molecule has 0 saturated carbocycles. The second kappa shape index (κ2) is 10.6. The van der Waals surface area contributed by atoms with Gasteiger partial charge in [0.15, 0.2) is 0 Å². The SMILES string of the molecule is COC(=O)C1=C(C)NC(C)(c2nc(-c3cc(OC)ccc3OC)cs2)C(C(=O)OC)C1c1ccccc1. The van der Waals surface area contributed by atoms with Gasteiger partial charge in [-0.05, 0) is 37.6 Å². The summed E-state index contributed by atoms with van der Waals surface area (Å²) in [5.41, 5.74) is 2.24. The highest BCUT2D eigenvalue weighted by molar-refractivity contribution is 7.10. The van der Waals surface area contributed by atoms with Gasteiger partial charge < -0.3 is 24.3 Å².